The summed E-state index contributed by atoms with van der Waals surface area (Å²) in [6.07, 6.45) is 0. The Morgan fingerprint density at radius 1 is 0.783 bits per heavy atom. The quantitative estimate of drug-likeness (QED) is 0.782. The first-order chi connectivity index (χ1) is 10.7. The second kappa shape index (κ2) is 5.43. The molecule has 2 aromatic carbocycles. The summed E-state index contributed by atoms with van der Waals surface area (Å²) < 4.78 is 39.3. The maximum atomic E-state index is 14.5. The van der Waals surface area contributed by atoms with Crippen molar-refractivity contribution >= 4 is 12.6 Å². The number of hydrogen-bond acceptors (Lipinski definition) is 2. The summed E-state index contributed by atoms with van der Waals surface area (Å²) in [5, 5.41) is 0. The largest absolute Gasteiger partial charge is 0.497 e. The van der Waals surface area contributed by atoms with Crippen LogP contribution in [0.1, 0.15) is 27.7 Å². The van der Waals surface area contributed by atoms with Crippen molar-refractivity contribution in [3.05, 3.63) is 54.1 Å². The molecule has 5 heteroatoms. The van der Waals surface area contributed by atoms with Crippen LogP contribution >= 0.6 is 0 Å². The highest BCUT2D eigenvalue weighted by Gasteiger charge is 2.52. The molecule has 0 saturated carbocycles. The average Bonchev–Trinajstić information content (AvgIpc) is 2.68. The van der Waals surface area contributed by atoms with Crippen LogP contribution < -0.4 is 5.46 Å². The third kappa shape index (κ3) is 2.91. The van der Waals surface area contributed by atoms with Crippen molar-refractivity contribution < 1.29 is 18.1 Å². The van der Waals surface area contributed by atoms with Crippen molar-refractivity contribution in [2.45, 2.75) is 38.9 Å². The SMILES string of the molecule is CC1(C)OB(c2ccc(-c3ccc(F)cc3)cc2F)OC1(C)C. The lowest BCUT2D eigenvalue weighted by Gasteiger charge is -2.32. The zero-order valence-corrected chi connectivity index (χ0v) is 13.7. The molecule has 0 amide bonds. The van der Waals surface area contributed by atoms with E-state index >= 15 is 0 Å². The summed E-state index contributed by atoms with van der Waals surface area (Å²) in [6, 6.07) is 10.8. The lowest BCUT2D eigenvalue weighted by Crippen LogP contribution is -2.41. The molecule has 120 valence electrons. The number of hydrogen-bond donors (Lipinski definition) is 0. The molecule has 23 heavy (non-hydrogen) atoms. The summed E-state index contributed by atoms with van der Waals surface area (Å²) in [6.45, 7) is 7.71. The van der Waals surface area contributed by atoms with Crippen molar-refractivity contribution in [1.29, 1.82) is 0 Å². The normalized spacial score (nSPS) is 19.1. The van der Waals surface area contributed by atoms with Gasteiger partial charge >= 0.3 is 7.12 Å². The van der Waals surface area contributed by atoms with Gasteiger partial charge in [-0.3, -0.25) is 0 Å². The highest BCUT2D eigenvalue weighted by molar-refractivity contribution is 6.62. The molecule has 1 heterocycles. The Bertz CT molecular complexity index is 710. The van der Waals surface area contributed by atoms with Gasteiger partial charge in [0.05, 0.1) is 11.2 Å². The van der Waals surface area contributed by atoms with E-state index in [1.165, 1.54) is 18.2 Å². The lowest BCUT2D eigenvalue weighted by atomic mass is 9.78. The van der Waals surface area contributed by atoms with Gasteiger partial charge in [0, 0.05) is 5.46 Å². The minimum Gasteiger partial charge on any atom is -0.399 e. The molecular formula is C18H19BF2O2. The highest BCUT2D eigenvalue weighted by atomic mass is 19.1. The maximum absolute atomic E-state index is 14.5. The van der Waals surface area contributed by atoms with E-state index in [4.69, 9.17) is 9.31 Å². The van der Waals surface area contributed by atoms with Crippen LogP contribution in [0.15, 0.2) is 42.5 Å². The Morgan fingerprint density at radius 2 is 1.30 bits per heavy atom. The van der Waals surface area contributed by atoms with Crippen LogP contribution in [-0.2, 0) is 9.31 Å². The molecule has 0 N–H and O–H groups in total. The van der Waals surface area contributed by atoms with Crippen molar-refractivity contribution in [3.8, 4) is 11.1 Å². The number of halogens is 2. The molecule has 1 aliphatic heterocycles. The van der Waals surface area contributed by atoms with Crippen LogP contribution in [0.5, 0.6) is 0 Å². The molecule has 0 aromatic heterocycles. The average molecular weight is 316 g/mol. The van der Waals surface area contributed by atoms with E-state index in [9.17, 15) is 8.78 Å². The zero-order valence-electron chi connectivity index (χ0n) is 13.7. The van der Waals surface area contributed by atoms with Gasteiger partial charge in [-0.2, -0.15) is 0 Å². The van der Waals surface area contributed by atoms with E-state index in [0.29, 0.717) is 11.0 Å². The van der Waals surface area contributed by atoms with Gasteiger partial charge in [0.15, 0.2) is 0 Å². The van der Waals surface area contributed by atoms with Crippen LogP contribution in [0.2, 0.25) is 0 Å². The van der Waals surface area contributed by atoms with Gasteiger partial charge in [-0.25, -0.2) is 8.78 Å². The van der Waals surface area contributed by atoms with Gasteiger partial charge < -0.3 is 9.31 Å². The smallest absolute Gasteiger partial charge is 0.399 e. The van der Waals surface area contributed by atoms with E-state index in [-0.39, 0.29) is 5.82 Å². The molecule has 0 bridgehead atoms. The second-order valence-electron chi connectivity index (χ2n) is 6.83. The Morgan fingerprint density at radius 3 is 1.83 bits per heavy atom. The first-order valence-electron chi connectivity index (χ1n) is 7.61. The van der Waals surface area contributed by atoms with Gasteiger partial charge in [-0.1, -0.05) is 24.3 Å². The molecule has 2 aromatic rings. The fourth-order valence-electron chi connectivity index (χ4n) is 2.51. The van der Waals surface area contributed by atoms with Crippen molar-refractivity contribution in [3.63, 3.8) is 0 Å². The molecule has 0 unspecified atom stereocenters. The molecule has 0 aliphatic carbocycles. The highest BCUT2D eigenvalue weighted by Crippen LogP contribution is 2.36. The Balaban J connectivity index is 1.90. The van der Waals surface area contributed by atoms with Crippen LogP contribution in [0.4, 0.5) is 8.78 Å². The fraction of sp³-hybridized carbons (Fsp3) is 0.333. The standard InChI is InChI=1S/C18H19BF2O2/c1-17(2)18(3,4)23-19(22-17)15-10-7-13(11-16(15)21)12-5-8-14(20)9-6-12/h5-11H,1-4H3. The predicted octanol–water partition coefficient (Wildman–Crippen LogP) is 3.93. The molecule has 0 radical (unpaired) electrons. The molecule has 1 fully saturated rings. The number of rotatable bonds is 2. The zero-order chi connectivity index (χ0) is 16.8. The van der Waals surface area contributed by atoms with Crippen LogP contribution in [0.25, 0.3) is 11.1 Å². The third-order valence-corrected chi connectivity index (χ3v) is 4.69. The number of benzene rings is 2. The summed E-state index contributed by atoms with van der Waals surface area (Å²) in [7, 11) is -0.734. The molecule has 2 nitrogen and oxygen atoms in total. The summed E-state index contributed by atoms with van der Waals surface area (Å²) in [4.78, 5) is 0. The Kier molecular flexibility index (Phi) is 3.81. The molecule has 0 atom stereocenters. The van der Waals surface area contributed by atoms with Gasteiger partial charge in [0.1, 0.15) is 11.6 Å². The summed E-state index contributed by atoms with van der Waals surface area (Å²) >= 11 is 0. The predicted molar refractivity (Wildman–Crippen MR) is 87.5 cm³/mol. The lowest BCUT2D eigenvalue weighted by molar-refractivity contribution is 0.00578. The fourth-order valence-corrected chi connectivity index (χ4v) is 2.51. The first kappa shape index (κ1) is 16.2. The van der Waals surface area contributed by atoms with Gasteiger partial charge in [0.25, 0.3) is 0 Å². The summed E-state index contributed by atoms with van der Waals surface area (Å²) in [5.41, 5.74) is 0.780. The molecular weight excluding hydrogens is 297 g/mol. The van der Waals surface area contributed by atoms with Gasteiger partial charge in [-0.15, -0.1) is 0 Å². The van der Waals surface area contributed by atoms with Crippen molar-refractivity contribution in [1.82, 2.24) is 0 Å². The maximum Gasteiger partial charge on any atom is 0.497 e. The Hall–Kier alpha value is -1.72. The molecule has 0 spiro atoms. The van der Waals surface area contributed by atoms with Gasteiger partial charge in [-0.05, 0) is 57.0 Å². The molecule has 3 rings (SSSR count). The van der Waals surface area contributed by atoms with Crippen LogP contribution in [-0.4, -0.2) is 18.3 Å². The van der Waals surface area contributed by atoms with Crippen LogP contribution in [0.3, 0.4) is 0 Å². The minimum absolute atomic E-state index is 0.317. The molecule has 1 aliphatic rings. The van der Waals surface area contributed by atoms with E-state index in [2.05, 4.69) is 0 Å². The van der Waals surface area contributed by atoms with E-state index in [0.717, 1.165) is 5.56 Å². The monoisotopic (exact) mass is 316 g/mol. The topological polar surface area (TPSA) is 18.5 Å². The molecule has 1 saturated heterocycles. The van der Waals surface area contributed by atoms with Crippen LogP contribution in [0, 0.1) is 11.6 Å². The van der Waals surface area contributed by atoms with E-state index in [1.54, 1.807) is 24.3 Å². The Labute approximate surface area is 135 Å². The van der Waals surface area contributed by atoms with Gasteiger partial charge in [0.2, 0.25) is 0 Å². The third-order valence-electron chi connectivity index (χ3n) is 4.69. The second-order valence-corrected chi connectivity index (χ2v) is 6.83. The van der Waals surface area contributed by atoms with E-state index in [1.807, 2.05) is 27.7 Å². The first-order valence-corrected chi connectivity index (χ1v) is 7.61. The van der Waals surface area contributed by atoms with E-state index < -0.39 is 24.1 Å². The van der Waals surface area contributed by atoms with Crippen molar-refractivity contribution in [2.24, 2.45) is 0 Å². The minimum atomic E-state index is -0.734. The van der Waals surface area contributed by atoms with Crippen molar-refractivity contribution in [2.75, 3.05) is 0 Å². The summed E-state index contributed by atoms with van der Waals surface area (Å²) in [5.74, 6) is -0.714.